The van der Waals surface area contributed by atoms with Crippen LogP contribution in [0, 0.1) is 20.8 Å². The van der Waals surface area contributed by atoms with Gasteiger partial charge in [-0.05, 0) is 115 Å². The Bertz CT molecular complexity index is 2490. The third-order valence-corrected chi connectivity index (χ3v) is 10.9. The first-order chi connectivity index (χ1) is 25.0. The predicted molar refractivity (Wildman–Crippen MR) is 207 cm³/mol. The van der Waals surface area contributed by atoms with Crippen molar-refractivity contribution < 1.29 is 9.47 Å². The smallest absolute Gasteiger partial charge is 0.132 e. The molecule has 5 heteroatoms. The third kappa shape index (κ3) is 5.29. The molecule has 0 saturated carbocycles. The Morgan fingerprint density at radius 1 is 0.608 bits per heavy atom. The Morgan fingerprint density at radius 2 is 1.29 bits per heavy atom. The van der Waals surface area contributed by atoms with E-state index in [9.17, 15) is 0 Å². The SMILES string of the molecule is Cc1cc(C)c(-c2cc(Oc3cccc(C4(c5ccccn5)c5ccccc5Oc5ccccc54)c3)cc(-c3nc4ccccc4s3)c2)c(C)c1. The van der Waals surface area contributed by atoms with Crippen LogP contribution in [0.1, 0.15) is 39.1 Å². The van der Waals surface area contributed by atoms with E-state index in [0.29, 0.717) is 0 Å². The third-order valence-electron chi connectivity index (χ3n) is 9.77. The molecule has 0 atom stereocenters. The van der Waals surface area contributed by atoms with Crippen molar-refractivity contribution in [3.05, 3.63) is 191 Å². The maximum Gasteiger partial charge on any atom is 0.132 e. The van der Waals surface area contributed by atoms with E-state index in [1.165, 1.54) is 22.3 Å². The van der Waals surface area contributed by atoms with Crippen LogP contribution in [0.2, 0.25) is 0 Å². The van der Waals surface area contributed by atoms with Gasteiger partial charge < -0.3 is 9.47 Å². The zero-order valence-electron chi connectivity index (χ0n) is 28.6. The summed E-state index contributed by atoms with van der Waals surface area (Å²) >= 11 is 1.70. The lowest BCUT2D eigenvalue weighted by atomic mass is 9.65. The summed E-state index contributed by atoms with van der Waals surface area (Å²) in [5.74, 6) is 3.10. The molecule has 2 aromatic heterocycles. The molecule has 0 fully saturated rings. The van der Waals surface area contributed by atoms with Crippen LogP contribution in [0.3, 0.4) is 0 Å². The molecule has 0 N–H and O–H groups in total. The van der Waals surface area contributed by atoms with E-state index < -0.39 is 5.41 Å². The highest BCUT2D eigenvalue weighted by molar-refractivity contribution is 7.21. The lowest BCUT2D eigenvalue weighted by Crippen LogP contribution is -2.35. The van der Waals surface area contributed by atoms with Crippen molar-refractivity contribution in [2.75, 3.05) is 0 Å². The van der Waals surface area contributed by atoms with Gasteiger partial charge in [0.25, 0.3) is 0 Å². The summed E-state index contributed by atoms with van der Waals surface area (Å²) in [5, 5.41) is 0.962. The number of nitrogens with zero attached hydrogens (tertiary/aromatic N) is 2. The van der Waals surface area contributed by atoms with Crippen LogP contribution >= 0.6 is 11.3 Å². The van der Waals surface area contributed by atoms with Gasteiger partial charge in [-0.2, -0.15) is 0 Å². The summed E-state index contributed by atoms with van der Waals surface area (Å²) in [6.45, 7) is 6.52. The quantitative estimate of drug-likeness (QED) is 0.176. The normalized spacial score (nSPS) is 12.9. The molecule has 8 aromatic rings. The highest BCUT2D eigenvalue weighted by Crippen LogP contribution is 2.55. The van der Waals surface area contributed by atoms with Gasteiger partial charge in [0.05, 0.1) is 21.3 Å². The molecule has 0 spiro atoms. The lowest BCUT2D eigenvalue weighted by molar-refractivity contribution is 0.431. The van der Waals surface area contributed by atoms with Crippen molar-refractivity contribution in [1.29, 1.82) is 0 Å². The van der Waals surface area contributed by atoms with Crippen molar-refractivity contribution in [3.8, 4) is 44.7 Å². The lowest BCUT2D eigenvalue weighted by Gasteiger charge is -2.40. The Morgan fingerprint density at radius 3 is 2.02 bits per heavy atom. The van der Waals surface area contributed by atoms with Gasteiger partial charge in [0.2, 0.25) is 0 Å². The van der Waals surface area contributed by atoms with Crippen molar-refractivity contribution >= 4 is 21.6 Å². The highest BCUT2D eigenvalue weighted by atomic mass is 32.1. The topological polar surface area (TPSA) is 44.2 Å². The molecule has 1 aliphatic rings. The number of ether oxygens (including phenoxy) is 2. The number of para-hydroxylation sites is 3. The second kappa shape index (κ2) is 12.4. The van der Waals surface area contributed by atoms with E-state index in [1.54, 1.807) is 11.3 Å². The van der Waals surface area contributed by atoms with Gasteiger partial charge in [-0.3, -0.25) is 4.98 Å². The highest BCUT2D eigenvalue weighted by Gasteiger charge is 2.46. The van der Waals surface area contributed by atoms with Crippen LogP contribution < -0.4 is 9.47 Å². The average molecular weight is 679 g/mol. The van der Waals surface area contributed by atoms with Gasteiger partial charge in [0.15, 0.2) is 0 Å². The monoisotopic (exact) mass is 678 g/mol. The fourth-order valence-corrected chi connectivity index (χ4v) is 8.75. The first kappa shape index (κ1) is 31.0. The standard InChI is InChI=1S/C46H34N2O2S/c1-29-23-30(2)44(31(3)24-29)32-25-33(45-48-39-17-6-9-20-42(39)51-45)27-36(26-32)49-35-14-12-13-34(28-35)46(43-21-10-11-22-47-43)37-15-4-7-18-40(37)50-41-19-8-5-16-38(41)46/h4-28H,1-3H3. The first-order valence-electron chi connectivity index (χ1n) is 17.1. The Kier molecular flexibility index (Phi) is 7.52. The second-order valence-corrected chi connectivity index (χ2v) is 14.2. The van der Waals surface area contributed by atoms with Crippen molar-refractivity contribution in [3.63, 3.8) is 0 Å². The number of aromatic nitrogens is 2. The van der Waals surface area contributed by atoms with Gasteiger partial charge in [-0.25, -0.2) is 4.98 Å². The first-order valence-corrected chi connectivity index (χ1v) is 17.9. The number of thiazole rings is 1. The molecule has 1 aliphatic heterocycles. The van der Waals surface area contributed by atoms with Crippen LogP contribution in [-0.4, -0.2) is 9.97 Å². The van der Waals surface area contributed by atoms with E-state index in [-0.39, 0.29) is 0 Å². The van der Waals surface area contributed by atoms with Crippen LogP contribution in [0.25, 0.3) is 31.9 Å². The Labute approximate surface area is 301 Å². The average Bonchev–Trinajstić information content (AvgIpc) is 3.59. The Hall–Kier alpha value is -6.04. The number of pyridine rings is 1. The minimum absolute atomic E-state index is 0.731. The fraction of sp³-hybridized carbons (Fsp3) is 0.0870. The van der Waals surface area contributed by atoms with E-state index in [4.69, 9.17) is 19.4 Å². The van der Waals surface area contributed by atoms with E-state index in [0.717, 1.165) is 71.7 Å². The molecular weight excluding hydrogens is 645 g/mol. The van der Waals surface area contributed by atoms with Crippen LogP contribution in [0.15, 0.2) is 152 Å². The van der Waals surface area contributed by atoms with Crippen molar-refractivity contribution in [2.45, 2.75) is 26.2 Å². The van der Waals surface area contributed by atoms with E-state index in [2.05, 4.69) is 124 Å². The molecule has 0 bridgehead atoms. The molecule has 0 unspecified atom stereocenters. The van der Waals surface area contributed by atoms with Crippen LogP contribution in [0.5, 0.6) is 23.0 Å². The second-order valence-electron chi connectivity index (χ2n) is 13.2. The molecule has 0 amide bonds. The maximum absolute atomic E-state index is 6.89. The van der Waals surface area contributed by atoms with Gasteiger partial charge in [-0.15, -0.1) is 11.3 Å². The summed E-state index contributed by atoms with van der Waals surface area (Å²) < 4.78 is 14.5. The van der Waals surface area contributed by atoms with Crippen LogP contribution in [0.4, 0.5) is 0 Å². The largest absolute Gasteiger partial charge is 0.457 e. The fourth-order valence-electron chi connectivity index (χ4n) is 7.80. The zero-order chi connectivity index (χ0) is 34.5. The molecule has 9 rings (SSSR count). The molecule has 4 nitrogen and oxygen atoms in total. The molecule has 6 aromatic carbocycles. The molecule has 0 saturated heterocycles. The van der Waals surface area contributed by atoms with Crippen molar-refractivity contribution in [1.82, 2.24) is 9.97 Å². The number of aryl methyl sites for hydroxylation is 3. The number of rotatable bonds is 6. The molecule has 3 heterocycles. The number of hydrogen-bond acceptors (Lipinski definition) is 5. The maximum atomic E-state index is 6.89. The number of hydrogen-bond donors (Lipinski definition) is 0. The molecule has 0 radical (unpaired) electrons. The Balaban J connectivity index is 1.22. The van der Waals surface area contributed by atoms with Gasteiger partial charge >= 0.3 is 0 Å². The predicted octanol–water partition coefficient (Wildman–Crippen LogP) is 12.2. The number of fused-ring (bicyclic) bond motifs is 3. The summed E-state index contributed by atoms with van der Waals surface area (Å²) in [5.41, 5.74) is 11.3. The minimum Gasteiger partial charge on any atom is -0.457 e. The molecule has 51 heavy (non-hydrogen) atoms. The molecule has 0 aliphatic carbocycles. The summed E-state index contributed by atoms with van der Waals surface area (Å²) in [6.07, 6.45) is 1.86. The number of benzene rings is 6. The van der Waals surface area contributed by atoms with Gasteiger partial charge in [0.1, 0.15) is 28.0 Å². The molecular formula is C46H34N2O2S. The van der Waals surface area contributed by atoms with Crippen molar-refractivity contribution in [2.24, 2.45) is 0 Å². The summed E-state index contributed by atoms with van der Waals surface area (Å²) in [7, 11) is 0. The van der Waals surface area contributed by atoms with Gasteiger partial charge in [0, 0.05) is 22.9 Å². The van der Waals surface area contributed by atoms with E-state index >= 15 is 0 Å². The van der Waals surface area contributed by atoms with E-state index in [1.807, 2.05) is 48.7 Å². The van der Waals surface area contributed by atoms with Crippen LogP contribution in [-0.2, 0) is 5.41 Å². The summed E-state index contributed by atoms with van der Waals surface area (Å²) in [4.78, 5) is 10.0. The zero-order valence-corrected chi connectivity index (χ0v) is 29.4. The molecule has 246 valence electrons. The summed E-state index contributed by atoms with van der Waals surface area (Å²) in [6, 6.07) is 50.4. The minimum atomic E-state index is -0.740. The van der Waals surface area contributed by atoms with Gasteiger partial charge in [-0.1, -0.05) is 84.4 Å².